The van der Waals surface area contributed by atoms with Crippen molar-refractivity contribution in [3.8, 4) is 0 Å². The molecule has 0 aromatic heterocycles. The minimum atomic E-state index is -0.811. The summed E-state index contributed by atoms with van der Waals surface area (Å²) in [4.78, 5) is 11.9. The van der Waals surface area contributed by atoms with Gasteiger partial charge in [-0.05, 0) is 57.2 Å². The van der Waals surface area contributed by atoms with E-state index >= 15 is 0 Å². The topological polar surface area (TPSA) is 49.3 Å². The number of hydrogen-bond acceptors (Lipinski definition) is 3. The second kappa shape index (κ2) is 8.83. The molecule has 0 amide bonds. The minimum Gasteiger partial charge on any atom is -0.481 e. The minimum absolute atomic E-state index is 0.0510. The molecule has 0 radical (unpaired) electrons. The molecule has 1 unspecified atom stereocenters. The van der Waals surface area contributed by atoms with Crippen LogP contribution in [0.5, 0.6) is 0 Å². The van der Waals surface area contributed by atoms with E-state index in [4.69, 9.17) is 17.7 Å². The maximum atomic E-state index is 10.8. The molecule has 0 aliphatic heterocycles. The van der Waals surface area contributed by atoms with Gasteiger partial charge in [-0.15, -0.1) is 12.6 Å². The first kappa shape index (κ1) is 23.3. The zero-order chi connectivity index (χ0) is 22.0. The molecule has 2 N–H and O–H groups in total. The van der Waals surface area contributed by atoms with Crippen molar-refractivity contribution in [1.82, 2.24) is 0 Å². The Morgan fingerprint density at radius 2 is 1.52 bits per heavy atom. The molecule has 1 atom stereocenters. The highest BCUT2D eigenvalue weighted by atomic mass is 32.1. The standard InChI is InChI=1S/C25H35NO2S/c1-16(15-26-18-10-8-17(9-11-18)12-23(27)28)19-13-20(24(2,3)4)21(14-22(19)29)25(5,6)7/h8-11,13-14,16,26,29H,12,15H2,1-7H3,(H,27,28). The predicted molar refractivity (Wildman–Crippen MR) is 126 cm³/mol. The van der Waals surface area contributed by atoms with E-state index in [9.17, 15) is 4.79 Å². The molecule has 0 aliphatic carbocycles. The van der Waals surface area contributed by atoms with E-state index in [0.717, 1.165) is 22.7 Å². The van der Waals surface area contributed by atoms with Gasteiger partial charge >= 0.3 is 5.97 Å². The van der Waals surface area contributed by atoms with Gasteiger partial charge < -0.3 is 10.4 Å². The lowest BCUT2D eigenvalue weighted by atomic mass is 9.74. The lowest BCUT2D eigenvalue weighted by molar-refractivity contribution is -0.136. The number of carboxylic acids is 1. The van der Waals surface area contributed by atoms with Gasteiger partial charge in [-0.3, -0.25) is 4.79 Å². The van der Waals surface area contributed by atoms with E-state index in [1.807, 2.05) is 24.3 Å². The van der Waals surface area contributed by atoms with Gasteiger partial charge in [0.15, 0.2) is 0 Å². The lowest BCUT2D eigenvalue weighted by Gasteiger charge is -2.32. The van der Waals surface area contributed by atoms with Crippen molar-refractivity contribution >= 4 is 24.3 Å². The van der Waals surface area contributed by atoms with Gasteiger partial charge in [-0.25, -0.2) is 0 Å². The van der Waals surface area contributed by atoms with Crippen molar-refractivity contribution in [3.63, 3.8) is 0 Å². The first-order valence-corrected chi connectivity index (χ1v) is 10.7. The summed E-state index contributed by atoms with van der Waals surface area (Å²) >= 11 is 4.82. The third kappa shape index (κ3) is 6.27. The average Bonchev–Trinajstić information content (AvgIpc) is 2.58. The molecule has 0 heterocycles. The van der Waals surface area contributed by atoms with E-state index < -0.39 is 5.97 Å². The number of aliphatic carboxylic acids is 1. The number of anilines is 1. The van der Waals surface area contributed by atoms with E-state index in [1.54, 1.807) is 0 Å². The highest BCUT2D eigenvalue weighted by molar-refractivity contribution is 7.80. The summed E-state index contributed by atoms with van der Waals surface area (Å²) in [5.74, 6) is -0.523. The summed E-state index contributed by atoms with van der Waals surface area (Å²) in [5, 5.41) is 12.4. The number of nitrogens with one attached hydrogen (secondary N) is 1. The molecule has 0 fully saturated rings. The van der Waals surface area contributed by atoms with Gasteiger partial charge in [0.25, 0.3) is 0 Å². The predicted octanol–water partition coefficient (Wildman–Crippen LogP) is 6.41. The first-order valence-electron chi connectivity index (χ1n) is 10.2. The molecular formula is C25H35NO2S. The molecule has 3 nitrogen and oxygen atoms in total. The molecule has 4 heteroatoms. The summed E-state index contributed by atoms with van der Waals surface area (Å²) in [6, 6.07) is 12.2. The second-order valence-electron chi connectivity index (χ2n) is 10.0. The summed E-state index contributed by atoms with van der Waals surface area (Å²) in [6.07, 6.45) is 0.0510. The van der Waals surface area contributed by atoms with Crippen LogP contribution in [-0.2, 0) is 22.0 Å². The molecule has 0 aliphatic rings. The van der Waals surface area contributed by atoms with Crippen LogP contribution < -0.4 is 5.32 Å². The van der Waals surface area contributed by atoms with Crippen LogP contribution in [0.15, 0.2) is 41.3 Å². The normalized spacial score (nSPS) is 13.2. The summed E-state index contributed by atoms with van der Waals surface area (Å²) in [5.41, 5.74) is 5.91. The van der Waals surface area contributed by atoms with Gasteiger partial charge in [0, 0.05) is 17.1 Å². The van der Waals surface area contributed by atoms with Crippen molar-refractivity contribution in [1.29, 1.82) is 0 Å². The van der Waals surface area contributed by atoms with E-state index in [1.165, 1.54) is 16.7 Å². The molecule has 0 saturated heterocycles. The van der Waals surface area contributed by atoms with E-state index in [-0.39, 0.29) is 23.2 Å². The molecule has 2 rings (SSSR count). The van der Waals surface area contributed by atoms with Crippen LogP contribution in [-0.4, -0.2) is 17.6 Å². The monoisotopic (exact) mass is 413 g/mol. The SMILES string of the molecule is CC(CNc1ccc(CC(=O)O)cc1)c1cc(C(C)(C)C)c(C(C)(C)C)cc1S. The molecule has 0 spiro atoms. The van der Waals surface area contributed by atoms with Crippen molar-refractivity contribution in [2.45, 2.75) is 76.5 Å². The van der Waals surface area contributed by atoms with Crippen LogP contribution in [0.1, 0.15) is 76.6 Å². The Hall–Kier alpha value is -1.94. The molecule has 0 bridgehead atoms. The number of thiol groups is 1. The number of carbonyl (C=O) groups is 1. The van der Waals surface area contributed by atoms with Crippen molar-refractivity contribution in [2.24, 2.45) is 0 Å². The van der Waals surface area contributed by atoms with Crippen molar-refractivity contribution in [3.05, 3.63) is 58.7 Å². The Kier molecular flexibility index (Phi) is 7.10. The summed E-state index contributed by atoms with van der Waals surface area (Å²) in [6.45, 7) is 16.5. The third-order valence-electron chi connectivity index (χ3n) is 5.24. The first-order chi connectivity index (χ1) is 13.3. The molecule has 2 aromatic carbocycles. The Labute approximate surface area is 181 Å². The number of carboxylic acid groups (broad SMARTS) is 1. The van der Waals surface area contributed by atoms with E-state index in [0.29, 0.717) is 0 Å². The van der Waals surface area contributed by atoms with Crippen LogP contribution in [0.3, 0.4) is 0 Å². The smallest absolute Gasteiger partial charge is 0.307 e. The maximum Gasteiger partial charge on any atom is 0.307 e. The largest absolute Gasteiger partial charge is 0.481 e. The molecule has 29 heavy (non-hydrogen) atoms. The van der Waals surface area contributed by atoms with Crippen LogP contribution in [0.2, 0.25) is 0 Å². The quantitative estimate of drug-likeness (QED) is 0.479. The van der Waals surface area contributed by atoms with Crippen molar-refractivity contribution < 1.29 is 9.90 Å². The second-order valence-corrected chi connectivity index (χ2v) is 10.5. The fourth-order valence-corrected chi connectivity index (χ4v) is 3.95. The summed E-state index contributed by atoms with van der Waals surface area (Å²) in [7, 11) is 0. The number of hydrogen-bond donors (Lipinski definition) is 3. The van der Waals surface area contributed by atoms with Crippen LogP contribution >= 0.6 is 12.6 Å². The molecule has 0 saturated carbocycles. The Morgan fingerprint density at radius 1 is 1.00 bits per heavy atom. The number of benzene rings is 2. The molecular weight excluding hydrogens is 378 g/mol. The third-order valence-corrected chi connectivity index (χ3v) is 5.62. The zero-order valence-corrected chi connectivity index (χ0v) is 19.7. The van der Waals surface area contributed by atoms with Gasteiger partial charge in [0.2, 0.25) is 0 Å². The van der Waals surface area contributed by atoms with Gasteiger partial charge in [0.1, 0.15) is 0 Å². The Bertz CT molecular complexity index is 858. The van der Waals surface area contributed by atoms with Crippen LogP contribution in [0.4, 0.5) is 5.69 Å². The zero-order valence-electron chi connectivity index (χ0n) is 18.8. The van der Waals surface area contributed by atoms with Gasteiger partial charge in [-0.2, -0.15) is 0 Å². The average molecular weight is 414 g/mol. The van der Waals surface area contributed by atoms with Crippen LogP contribution in [0.25, 0.3) is 0 Å². The van der Waals surface area contributed by atoms with Gasteiger partial charge in [-0.1, -0.05) is 66.7 Å². The maximum absolute atomic E-state index is 10.8. The fourth-order valence-electron chi connectivity index (χ4n) is 3.54. The number of rotatable bonds is 6. The van der Waals surface area contributed by atoms with Crippen molar-refractivity contribution in [2.75, 3.05) is 11.9 Å². The molecule has 2 aromatic rings. The summed E-state index contributed by atoms with van der Waals surface area (Å²) < 4.78 is 0. The Balaban J connectivity index is 2.22. The highest BCUT2D eigenvalue weighted by Gasteiger charge is 2.27. The van der Waals surface area contributed by atoms with Crippen LogP contribution in [0, 0.1) is 0 Å². The molecule has 158 valence electrons. The van der Waals surface area contributed by atoms with E-state index in [2.05, 4.69) is 65.9 Å². The Morgan fingerprint density at radius 3 is 2.00 bits per heavy atom. The fraction of sp³-hybridized carbons (Fsp3) is 0.480. The highest BCUT2D eigenvalue weighted by Crippen LogP contribution is 2.38. The van der Waals surface area contributed by atoms with Gasteiger partial charge in [0.05, 0.1) is 6.42 Å². The lowest BCUT2D eigenvalue weighted by Crippen LogP contribution is -2.23.